The van der Waals surface area contributed by atoms with Gasteiger partial charge in [0, 0.05) is 12.6 Å². The Labute approximate surface area is 104 Å². The van der Waals surface area contributed by atoms with Crippen LogP contribution in [0.5, 0.6) is 0 Å². The lowest BCUT2D eigenvalue weighted by Crippen LogP contribution is -2.10. The number of carbonyl (C=O) groups is 1. The number of aromatic nitrogens is 1. The predicted octanol–water partition coefficient (Wildman–Crippen LogP) is 4.11. The van der Waals surface area contributed by atoms with Crippen LogP contribution in [0.25, 0.3) is 0 Å². The molecule has 0 spiro atoms. The molecule has 0 N–H and O–H groups in total. The molecule has 0 aromatic carbocycles. The molecule has 1 aromatic heterocycles. The molecule has 0 bridgehead atoms. The topological polar surface area (TPSA) is 30.0 Å². The third-order valence-corrected chi connectivity index (χ3v) is 3.14. The van der Waals surface area contributed by atoms with Crippen LogP contribution in [0.2, 0.25) is 0 Å². The van der Waals surface area contributed by atoms with Crippen molar-refractivity contribution >= 4 is 5.78 Å². The van der Waals surface area contributed by atoms with Crippen LogP contribution in [0.1, 0.15) is 64.0 Å². The fraction of sp³-hybridized carbons (Fsp3) is 0.600. The van der Waals surface area contributed by atoms with Gasteiger partial charge in [-0.15, -0.1) is 0 Å². The van der Waals surface area contributed by atoms with E-state index < -0.39 is 0 Å². The van der Waals surface area contributed by atoms with Gasteiger partial charge in [0.2, 0.25) is 0 Å². The molecule has 1 atom stereocenters. The van der Waals surface area contributed by atoms with Gasteiger partial charge >= 0.3 is 0 Å². The van der Waals surface area contributed by atoms with Crippen molar-refractivity contribution in [2.75, 3.05) is 0 Å². The van der Waals surface area contributed by atoms with Crippen molar-refractivity contribution in [1.29, 1.82) is 0 Å². The minimum absolute atomic E-state index is 0.0534. The molecule has 17 heavy (non-hydrogen) atoms. The maximum absolute atomic E-state index is 11.9. The number of hydrogen-bond donors (Lipinski definition) is 0. The molecule has 2 heteroatoms. The van der Waals surface area contributed by atoms with E-state index in [0.717, 1.165) is 12.1 Å². The van der Waals surface area contributed by atoms with Crippen molar-refractivity contribution in [2.24, 2.45) is 0 Å². The molecule has 1 rings (SSSR count). The lowest BCUT2D eigenvalue weighted by molar-refractivity contribution is -0.120. The number of Topliss-reactive ketones (excluding diaryl/α,β-unsaturated/α-hetero) is 1. The number of pyridine rings is 1. The van der Waals surface area contributed by atoms with Gasteiger partial charge in [0.15, 0.2) is 0 Å². The van der Waals surface area contributed by atoms with Gasteiger partial charge in [0.25, 0.3) is 0 Å². The molecule has 0 radical (unpaired) electrons. The molecule has 94 valence electrons. The lowest BCUT2D eigenvalue weighted by atomic mass is 9.97. The molecule has 1 unspecified atom stereocenters. The van der Waals surface area contributed by atoms with E-state index in [4.69, 9.17) is 0 Å². The zero-order valence-corrected chi connectivity index (χ0v) is 11.0. The second-order valence-corrected chi connectivity index (χ2v) is 4.61. The Balaban J connectivity index is 2.28. The summed E-state index contributed by atoms with van der Waals surface area (Å²) < 4.78 is 0. The van der Waals surface area contributed by atoms with Crippen LogP contribution < -0.4 is 0 Å². The molecule has 0 fully saturated rings. The molecule has 0 saturated heterocycles. The van der Waals surface area contributed by atoms with E-state index in [1.54, 1.807) is 6.20 Å². The maximum atomic E-state index is 11.9. The highest BCUT2D eigenvalue weighted by Gasteiger charge is 2.15. The van der Waals surface area contributed by atoms with Gasteiger partial charge in [-0.1, -0.05) is 38.7 Å². The first-order valence-electron chi connectivity index (χ1n) is 6.69. The number of carbonyl (C=O) groups excluding carboxylic acids is 1. The first kappa shape index (κ1) is 13.9. The van der Waals surface area contributed by atoms with E-state index in [-0.39, 0.29) is 5.92 Å². The zero-order valence-electron chi connectivity index (χ0n) is 11.0. The normalized spacial score (nSPS) is 12.4. The van der Waals surface area contributed by atoms with Crippen LogP contribution >= 0.6 is 0 Å². The van der Waals surface area contributed by atoms with Crippen molar-refractivity contribution in [1.82, 2.24) is 4.98 Å². The highest BCUT2D eigenvalue weighted by molar-refractivity contribution is 5.84. The summed E-state index contributed by atoms with van der Waals surface area (Å²) in [5.74, 6) is 0.266. The van der Waals surface area contributed by atoms with Crippen LogP contribution in [0.4, 0.5) is 0 Å². The first-order chi connectivity index (χ1) is 8.25. The quantitative estimate of drug-likeness (QED) is 0.632. The largest absolute Gasteiger partial charge is 0.299 e. The summed E-state index contributed by atoms with van der Waals surface area (Å²) in [6.45, 7) is 4.16. The van der Waals surface area contributed by atoms with Gasteiger partial charge < -0.3 is 0 Å². The Kier molecular flexibility index (Phi) is 6.53. The smallest absolute Gasteiger partial charge is 0.141 e. The van der Waals surface area contributed by atoms with Crippen molar-refractivity contribution in [3.63, 3.8) is 0 Å². The van der Waals surface area contributed by atoms with Crippen molar-refractivity contribution in [3.05, 3.63) is 30.1 Å². The Hall–Kier alpha value is -1.18. The van der Waals surface area contributed by atoms with E-state index in [2.05, 4.69) is 11.9 Å². The Bertz CT molecular complexity index is 321. The summed E-state index contributed by atoms with van der Waals surface area (Å²) in [5.41, 5.74) is 0.894. The van der Waals surface area contributed by atoms with Gasteiger partial charge in [-0.05, 0) is 25.5 Å². The Morgan fingerprint density at radius 2 is 2.00 bits per heavy atom. The fourth-order valence-electron chi connectivity index (χ4n) is 1.92. The summed E-state index contributed by atoms with van der Waals surface area (Å²) in [6, 6.07) is 5.75. The summed E-state index contributed by atoms with van der Waals surface area (Å²) in [6.07, 6.45) is 8.43. The highest BCUT2D eigenvalue weighted by Crippen LogP contribution is 2.17. The Morgan fingerprint density at radius 3 is 2.65 bits per heavy atom. The summed E-state index contributed by atoms with van der Waals surface area (Å²) in [7, 11) is 0. The average Bonchev–Trinajstić information content (AvgIpc) is 2.38. The van der Waals surface area contributed by atoms with E-state index in [1.165, 1.54) is 25.7 Å². The van der Waals surface area contributed by atoms with E-state index in [1.807, 2.05) is 25.1 Å². The molecule has 1 aromatic rings. The van der Waals surface area contributed by atoms with Gasteiger partial charge in [0.05, 0.1) is 11.6 Å². The summed E-state index contributed by atoms with van der Waals surface area (Å²) in [5, 5.41) is 0. The summed E-state index contributed by atoms with van der Waals surface area (Å²) in [4.78, 5) is 16.2. The summed E-state index contributed by atoms with van der Waals surface area (Å²) >= 11 is 0. The van der Waals surface area contributed by atoms with Gasteiger partial charge in [-0.2, -0.15) is 0 Å². The number of rotatable bonds is 8. The van der Waals surface area contributed by atoms with Crippen LogP contribution in [0, 0.1) is 0 Å². The number of ketones is 1. The van der Waals surface area contributed by atoms with E-state index >= 15 is 0 Å². The van der Waals surface area contributed by atoms with Crippen molar-refractivity contribution in [2.45, 2.75) is 58.3 Å². The second kappa shape index (κ2) is 7.99. The van der Waals surface area contributed by atoms with Gasteiger partial charge in [-0.25, -0.2) is 0 Å². The van der Waals surface area contributed by atoms with Crippen molar-refractivity contribution in [3.8, 4) is 0 Å². The molecule has 0 amide bonds. The molecule has 0 aliphatic carbocycles. The third-order valence-electron chi connectivity index (χ3n) is 3.14. The van der Waals surface area contributed by atoms with Crippen molar-refractivity contribution < 1.29 is 4.79 Å². The molecular formula is C15H23NO. The number of hydrogen-bond acceptors (Lipinski definition) is 2. The minimum Gasteiger partial charge on any atom is -0.299 e. The van der Waals surface area contributed by atoms with Crippen LogP contribution in [0.15, 0.2) is 24.4 Å². The molecular weight excluding hydrogens is 210 g/mol. The molecule has 0 saturated carbocycles. The predicted molar refractivity (Wildman–Crippen MR) is 71.0 cm³/mol. The second-order valence-electron chi connectivity index (χ2n) is 4.61. The average molecular weight is 233 g/mol. The number of unbranched alkanes of at least 4 members (excludes halogenated alkanes) is 4. The fourth-order valence-corrected chi connectivity index (χ4v) is 1.92. The first-order valence-corrected chi connectivity index (χ1v) is 6.69. The maximum Gasteiger partial charge on any atom is 0.141 e. The number of nitrogens with zero attached hydrogens (tertiary/aromatic N) is 1. The molecule has 0 aliphatic heterocycles. The zero-order chi connectivity index (χ0) is 12.5. The van der Waals surface area contributed by atoms with Crippen LogP contribution in [0.3, 0.4) is 0 Å². The monoisotopic (exact) mass is 233 g/mol. The standard InChI is InChI=1S/C15H23NO/c1-3-4-5-6-7-11-15(17)13(2)14-10-8-9-12-16-14/h8-10,12-13H,3-7,11H2,1-2H3. The highest BCUT2D eigenvalue weighted by atomic mass is 16.1. The molecule has 1 heterocycles. The van der Waals surface area contributed by atoms with Gasteiger partial charge in [0.1, 0.15) is 5.78 Å². The molecule has 2 nitrogen and oxygen atoms in total. The Morgan fingerprint density at radius 1 is 1.24 bits per heavy atom. The molecule has 0 aliphatic rings. The lowest BCUT2D eigenvalue weighted by Gasteiger charge is -2.09. The third kappa shape index (κ3) is 5.12. The SMILES string of the molecule is CCCCCCCC(=O)C(C)c1ccccn1. The van der Waals surface area contributed by atoms with Crippen LogP contribution in [-0.2, 0) is 4.79 Å². The van der Waals surface area contributed by atoms with E-state index in [9.17, 15) is 4.79 Å². The van der Waals surface area contributed by atoms with E-state index in [0.29, 0.717) is 12.2 Å². The minimum atomic E-state index is -0.0534. The van der Waals surface area contributed by atoms with Crippen LogP contribution in [-0.4, -0.2) is 10.8 Å². The van der Waals surface area contributed by atoms with Gasteiger partial charge in [-0.3, -0.25) is 9.78 Å².